The summed E-state index contributed by atoms with van der Waals surface area (Å²) < 4.78 is 5.30. The molecule has 7 heteroatoms. The van der Waals surface area contributed by atoms with Crippen molar-refractivity contribution < 1.29 is 9.53 Å². The highest BCUT2D eigenvalue weighted by atomic mass is 32.2. The Kier molecular flexibility index (Phi) is 8.42. The number of unbranched alkanes of at least 4 members (excludes halogenated alkanes) is 1. The van der Waals surface area contributed by atoms with Crippen molar-refractivity contribution >= 4 is 40.7 Å². The summed E-state index contributed by atoms with van der Waals surface area (Å²) in [6.45, 7) is 2.18. The predicted octanol–water partition coefficient (Wildman–Crippen LogP) is 4.39. The van der Waals surface area contributed by atoms with Gasteiger partial charge in [0.25, 0.3) is 5.91 Å². The number of hydrazine groups is 1. The molecule has 5 nitrogen and oxygen atoms in total. The van der Waals surface area contributed by atoms with E-state index in [1.165, 1.54) is 18.4 Å². The van der Waals surface area contributed by atoms with Crippen LogP contribution in [0.4, 0.5) is 5.69 Å². The van der Waals surface area contributed by atoms with E-state index in [0.29, 0.717) is 16.4 Å². The van der Waals surface area contributed by atoms with Crippen LogP contribution < -0.4 is 20.9 Å². The van der Waals surface area contributed by atoms with Gasteiger partial charge in [-0.3, -0.25) is 15.6 Å². The first-order valence-corrected chi connectivity index (χ1v) is 10.4. The Labute approximate surface area is 170 Å². The lowest BCUT2D eigenvalue weighted by Gasteiger charge is -2.14. The molecule has 0 aliphatic heterocycles. The van der Waals surface area contributed by atoms with E-state index in [1.54, 1.807) is 24.9 Å². The highest BCUT2D eigenvalue weighted by molar-refractivity contribution is 7.98. The fourth-order valence-electron chi connectivity index (χ4n) is 2.46. The molecule has 0 unspecified atom stereocenters. The smallest absolute Gasteiger partial charge is 0.273 e. The highest BCUT2D eigenvalue weighted by Gasteiger charge is 2.13. The van der Waals surface area contributed by atoms with Crippen LogP contribution in [0.3, 0.4) is 0 Å². The number of nitrogens with one attached hydrogen (secondary N) is 3. The number of amides is 1. The molecule has 144 valence electrons. The molecule has 0 fully saturated rings. The number of carbonyl (C=O) groups is 1. The third kappa shape index (κ3) is 6.45. The van der Waals surface area contributed by atoms with Gasteiger partial charge in [-0.15, -0.1) is 11.8 Å². The Balaban J connectivity index is 1.88. The van der Waals surface area contributed by atoms with Gasteiger partial charge in [0.1, 0.15) is 5.75 Å². The van der Waals surface area contributed by atoms with Gasteiger partial charge >= 0.3 is 0 Å². The molecule has 0 saturated heterocycles. The zero-order valence-corrected chi connectivity index (χ0v) is 17.4. The Bertz CT molecular complexity index is 779. The average molecular weight is 404 g/mol. The van der Waals surface area contributed by atoms with E-state index < -0.39 is 0 Å². The normalized spacial score (nSPS) is 10.2. The lowest BCUT2D eigenvalue weighted by atomic mass is 10.1. The number of methoxy groups -OCH3 is 1. The molecule has 0 spiro atoms. The molecule has 0 radical (unpaired) electrons. The zero-order valence-electron chi connectivity index (χ0n) is 15.8. The van der Waals surface area contributed by atoms with Crippen molar-refractivity contribution in [3.8, 4) is 5.75 Å². The van der Waals surface area contributed by atoms with Gasteiger partial charge < -0.3 is 10.1 Å². The summed E-state index contributed by atoms with van der Waals surface area (Å²) in [7, 11) is 1.54. The van der Waals surface area contributed by atoms with Crippen molar-refractivity contribution in [3.63, 3.8) is 0 Å². The Morgan fingerprint density at radius 3 is 2.52 bits per heavy atom. The van der Waals surface area contributed by atoms with Gasteiger partial charge in [-0.05, 0) is 67.2 Å². The second-order valence-electron chi connectivity index (χ2n) is 5.90. The van der Waals surface area contributed by atoms with Crippen molar-refractivity contribution in [1.82, 2.24) is 10.9 Å². The minimum atomic E-state index is -0.321. The summed E-state index contributed by atoms with van der Waals surface area (Å²) >= 11 is 6.82. The van der Waals surface area contributed by atoms with Crippen LogP contribution in [0.15, 0.2) is 47.4 Å². The second kappa shape index (κ2) is 10.8. The molecule has 27 heavy (non-hydrogen) atoms. The standard InChI is InChI=1S/C20H25N3O2S2/c1-4-5-6-14-7-9-15(10-8-14)21-20(26)23-22-19(24)17-12-11-16(27-3)13-18(17)25-2/h7-13H,4-6H2,1-3H3,(H,22,24)(H2,21,23,26). The molecule has 3 N–H and O–H groups in total. The van der Waals surface area contributed by atoms with E-state index >= 15 is 0 Å². The first-order valence-electron chi connectivity index (χ1n) is 8.75. The van der Waals surface area contributed by atoms with E-state index in [0.717, 1.165) is 17.0 Å². The number of thioether (sulfide) groups is 1. The number of hydrogen-bond donors (Lipinski definition) is 3. The maximum atomic E-state index is 12.4. The molecule has 0 aromatic heterocycles. The molecule has 2 aromatic rings. The molecule has 2 rings (SSSR count). The average Bonchev–Trinajstić information content (AvgIpc) is 2.71. The van der Waals surface area contributed by atoms with E-state index in [4.69, 9.17) is 17.0 Å². The maximum absolute atomic E-state index is 12.4. The van der Waals surface area contributed by atoms with Crippen LogP contribution in [-0.2, 0) is 6.42 Å². The van der Waals surface area contributed by atoms with Crippen LogP contribution >= 0.6 is 24.0 Å². The molecule has 2 aromatic carbocycles. The van der Waals surface area contributed by atoms with Crippen molar-refractivity contribution in [2.75, 3.05) is 18.7 Å². The highest BCUT2D eigenvalue weighted by Crippen LogP contribution is 2.25. The maximum Gasteiger partial charge on any atom is 0.273 e. The topological polar surface area (TPSA) is 62.4 Å². The zero-order chi connectivity index (χ0) is 19.6. The summed E-state index contributed by atoms with van der Waals surface area (Å²) in [5, 5.41) is 3.36. The Hall–Kier alpha value is -2.25. The number of rotatable bonds is 7. The van der Waals surface area contributed by atoms with Gasteiger partial charge in [-0.2, -0.15) is 0 Å². The van der Waals surface area contributed by atoms with Crippen LogP contribution in [0.1, 0.15) is 35.7 Å². The summed E-state index contributed by atoms with van der Waals surface area (Å²) in [5.74, 6) is 0.196. The van der Waals surface area contributed by atoms with Crippen molar-refractivity contribution in [3.05, 3.63) is 53.6 Å². The van der Waals surface area contributed by atoms with Crippen LogP contribution in [0, 0.1) is 0 Å². The molecular formula is C20H25N3O2S2. The monoisotopic (exact) mass is 403 g/mol. The quantitative estimate of drug-likeness (QED) is 0.362. The number of benzene rings is 2. The minimum Gasteiger partial charge on any atom is -0.496 e. The first-order chi connectivity index (χ1) is 13.1. The predicted molar refractivity (Wildman–Crippen MR) is 117 cm³/mol. The molecule has 0 heterocycles. The van der Waals surface area contributed by atoms with E-state index in [1.807, 2.05) is 30.5 Å². The van der Waals surface area contributed by atoms with Gasteiger partial charge in [0.2, 0.25) is 0 Å². The molecular weight excluding hydrogens is 378 g/mol. The van der Waals surface area contributed by atoms with Crippen molar-refractivity contribution in [1.29, 1.82) is 0 Å². The number of thiocarbonyl (C=S) groups is 1. The van der Waals surface area contributed by atoms with Gasteiger partial charge in [0, 0.05) is 10.6 Å². The summed E-state index contributed by atoms with van der Waals surface area (Å²) in [6, 6.07) is 13.5. The molecule has 1 amide bonds. The van der Waals surface area contributed by atoms with Gasteiger partial charge in [-0.25, -0.2) is 0 Å². The van der Waals surface area contributed by atoms with Gasteiger partial charge in [-0.1, -0.05) is 25.5 Å². The van der Waals surface area contributed by atoms with Gasteiger partial charge in [0.15, 0.2) is 5.11 Å². The van der Waals surface area contributed by atoms with Crippen LogP contribution in [-0.4, -0.2) is 24.4 Å². The third-order valence-corrected chi connectivity index (χ3v) is 4.90. The summed E-state index contributed by atoms with van der Waals surface area (Å²) in [4.78, 5) is 13.4. The van der Waals surface area contributed by atoms with Crippen molar-refractivity contribution in [2.45, 2.75) is 31.1 Å². The molecule has 0 atom stereocenters. The number of aryl methyl sites for hydroxylation is 1. The fraction of sp³-hybridized carbons (Fsp3) is 0.300. The fourth-order valence-corrected chi connectivity index (χ4v) is 3.06. The molecule has 0 bridgehead atoms. The molecule has 0 aliphatic rings. The summed E-state index contributed by atoms with van der Waals surface area (Å²) in [6.07, 6.45) is 5.40. The lowest BCUT2D eigenvalue weighted by molar-refractivity contribution is 0.0941. The minimum absolute atomic E-state index is 0.310. The summed E-state index contributed by atoms with van der Waals surface area (Å²) in [5.41, 5.74) is 7.91. The SMILES string of the molecule is CCCCc1ccc(NC(=S)NNC(=O)c2ccc(SC)cc2OC)cc1. The second-order valence-corrected chi connectivity index (χ2v) is 7.19. The van der Waals surface area contributed by atoms with E-state index in [2.05, 4.69) is 35.2 Å². The number of anilines is 1. The van der Waals surface area contributed by atoms with Crippen LogP contribution in [0.5, 0.6) is 5.75 Å². The molecule has 0 saturated carbocycles. The molecule has 0 aliphatic carbocycles. The Morgan fingerprint density at radius 1 is 1.15 bits per heavy atom. The van der Waals surface area contributed by atoms with Crippen LogP contribution in [0.25, 0.3) is 0 Å². The lowest BCUT2D eigenvalue weighted by Crippen LogP contribution is -2.43. The van der Waals surface area contributed by atoms with E-state index in [-0.39, 0.29) is 5.91 Å². The number of carbonyl (C=O) groups excluding carboxylic acids is 1. The van der Waals surface area contributed by atoms with Crippen molar-refractivity contribution in [2.24, 2.45) is 0 Å². The van der Waals surface area contributed by atoms with Crippen LogP contribution in [0.2, 0.25) is 0 Å². The number of ether oxygens (including phenoxy) is 1. The largest absolute Gasteiger partial charge is 0.496 e. The third-order valence-electron chi connectivity index (χ3n) is 3.97. The number of hydrogen-bond acceptors (Lipinski definition) is 4. The van der Waals surface area contributed by atoms with Gasteiger partial charge in [0.05, 0.1) is 12.7 Å². The van der Waals surface area contributed by atoms with E-state index in [9.17, 15) is 4.79 Å². The Morgan fingerprint density at radius 2 is 1.89 bits per heavy atom. The first kappa shape index (κ1) is 21.1.